The molecule has 2 rings (SSSR count). The Morgan fingerprint density at radius 3 is 3.20 bits per heavy atom. The average molecular weight is 226 g/mol. The number of fused-ring (bicyclic) bond motifs is 1. The molecule has 1 fully saturated rings. The molecule has 0 bridgehead atoms. The molecule has 0 aromatic rings. The molecule has 0 aromatic carbocycles. The van der Waals surface area contributed by atoms with Crippen molar-refractivity contribution in [1.82, 2.24) is 0 Å². The minimum Gasteiger partial charge on any atom is -0.462 e. The van der Waals surface area contributed by atoms with Gasteiger partial charge in [-0.05, 0) is 18.6 Å². The SMILES string of the molecule is CCCCOC(=O)C1=CC2SC2(O)C=C1. The Hall–Kier alpha value is -0.740. The van der Waals surface area contributed by atoms with Crippen LogP contribution in [0.25, 0.3) is 0 Å². The molecule has 1 heterocycles. The summed E-state index contributed by atoms with van der Waals surface area (Å²) in [4.78, 5) is 10.8. The summed E-state index contributed by atoms with van der Waals surface area (Å²) >= 11 is 1.44. The number of hydrogen-bond donors (Lipinski definition) is 1. The Bertz CT molecular complexity index is 335. The highest BCUT2D eigenvalue weighted by molar-refractivity contribution is 8.08. The van der Waals surface area contributed by atoms with E-state index >= 15 is 0 Å². The summed E-state index contributed by atoms with van der Waals surface area (Å²) in [5.41, 5.74) is 0.561. The van der Waals surface area contributed by atoms with Crippen molar-refractivity contribution in [3.05, 3.63) is 23.8 Å². The smallest absolute Gasteiger partial charge is 0.337 e. The molecule has 2 unspecified atom stereocenters. The van der Waals surface area contributed by atoms with E-state index in [9.17, 15) is 9.90 Å². The van der Waals surface area contributed by atoms with E-state index in [0.29, 0.717) is 12.2 Å². The van der Waals surface area contributed by atoms with Crippen LogP contribution in [0.5, 0.6) is 0 Å². The predicted octanol–water partition coefficient (Wildman–Crippen LogP) is 1.63. The molecule has 82 valence electrons. The maximum atomic E-state index is 11.5. The van der Waals surface area contributed by atoms with Crippen molar-refractivity contribution < 1.29 is 14.6 Å². The molecule has 0 radical (unpaired) electrons. The van der Waals surface area contributed by atoms with Gasteiger partial charge in [-0.15, -0.1) is 11.8 Å². The third-order valence-electron chi connectivity index (χ3n) is 2.47. The van der Waals surface area contributed by atoms with Crippen molar-refractivity contribution in [2.75, 3.05) is 6.61 Å². The second-order valence-corrected chi connectivity index (χ2v) is 5.13. The number of thioether (sulfide) groups is 1. The Kier molecular flexibility index (Phi) is 2.89. The van der Waals surface area contributed by atoms with Gasteiger partial charge in [0.15, 0.2) is 0 Å². The first-order valence-electron chi connectivity index (χ1n) is 5.14. The maximum Gasteiger partial charge on any atom is 0.337 e. The molecule has 2 aliphatic rings. The number of ether oxygens (including phenoxy) is 1. The van der Waals surface area contributed by atoms with Gasteiger partial charge in [0.25, 0.3) is 0 Å². The zero-order valence-corrected chi connectivity index (χ0v) is 9.42. The monoisotopic (exact) mass is 226 g/mol. The van der Waals surface area contributed by atoms with E-state index in [-0.39, 0.29) is 11.2 Å². The standard InChI is InChI=1S/C11H14O3S/c1-2-3-6-14-10(12)8-4-5-11(13)9(7-8)15-11/h4-5,7,9,13H,2-3,6H2,1H3. The van der Waals surface area contributed by atoms with Gasteiger partial charge in [0.05, 0.1) is 17.4 Å². The highest BCUT2D eigenvalue weighted by atomic mass is 32.2. The van der Waals surface area contributed by atoms with Crippen LogP contribution in [0.15, 0.2) is 23.8 Å². The Balaban J connectivity index is 1.87. The topological polar surface area (TPSA) is 46.5 Å². The normalized spacial score (nSPS) is 31.9. The fraction of sp³-hybridized carbons (Fsp3) is 0.545. The first kappa shape index (κ1) is 10.8. The van der Waals surface area contributed by atoms with Gasteiger partial charge in [-0.1, -0.05) is 19.4 Å². The average Bonchev–Trinajstić information content (AvgIpc) is 2.88. The first-order chi connectivity index (χ1) is 7.15. The molecule has 0 amide bonds. The molecule has 1 N–H and O–H groups in total. The maximum absolute atomic E-state index is 11.5. The highest BCUT2D eigenvalue weighted by Gasteiger charge is 2.53. The third kappa shape index (κ3) is 2.26. The molecule has 1 aliphatic heterocycles. The van der Waals surface area contributed by atoms with Crippen LogP contribution in [0.3, 0.4) is 0 Å². The molecule has 4 heteroatoms. The van der Waals surface area contributed by atoms with Crippen molar-refractivity contribution in [3.8, 4) is 0 Å². The second-order valence-electron chi connectivity index (χ2n) is 3.74. The number of carbonyl (C=O) groups excluding carboxylic acids is 1. The highest BCUT2D eigenvalue weighted by Crippen LogP contribution is 2.55. The number of rotatable bonds is 4. The van der Waals surface area contributed by atoms with Gasteiger partial charge < -0.3 is 9.84 Å². The number of hydrogen-bond acceptors (Lipinski definition) is 4. The van der Waals surface area contributed by atoms with Crippen molar-refractivity contribution in [2.45, 2.75) is 29.9 Å². The minimum absolute atomic E-state index is 0.0382. The van der Waals surface area contributed by atoms with Gasteiger partial charge >= 0.3 is 5.97 Å². The summed E-state index contributed by atoms with van der Waals surface area (Å²) in [6, 6.07) is 0. The van der Waals surface area contributed by atoms with Crippen LogP contribution in [-0.2, 0) is 9.53 Å². The second kappa shape index (κ2) is 4.02. The summed E-state index contributed by atoms with van der Waals surface area (Å²) in [5, 5.41) is 9.68. The van der Waals surface area contributed by atoms with Crippen LogP contribution in [0, 0.1) is 0 Å². The molecular formula is C11H14O3S. The molecule has 2 atom stereocenters. The molecule has 15 heavy (non-hydrogen) atoms. The largest absolute Gasteiger partial charge is 0.462 e. The van der Waals surface area contributed by atoms with Crippen LogP contribution >= 0.6 is 11.8 Å². The summed E-state index contributed by atoms with van der Waals surface area (Å²) < 4.78 is 5.07. The fourth-order valence-corrected chi connectivity index (χ4v) is 2.26. The van der Waals surface area contributed by atoms with Crippen molar-refractivity contribution in [1.29, 1.82) is 0 Å². The van der Waals surface area contributed by atoms with Crippen LogP contribution in [0.4, 0.5) is 0 Å². The fourth-order valence-electron chi connectivity index (χ4n) is 1.41. The summed E-state index contributed by atoms with van der Waals surface area (Å²) in [5.74, 6) is -0.283. The summed E-state index contributed by atoms with van der Waals surface area (Å²) in [6.45, 7) is 2.52. The van der Waals surface area contributed by atoms with E-state index in [1.54, 1.807) is 18.2 Å². The van der Waals surface area contributed by atoms with Crippen LogP contribution in [0.1, 0.15) is 19.8 Å². The lowest BCUT2D eigenvalue weighted by molar-refractivity contribution is -0.138. The van der Waals surface area contributed by atoms with E-state index < -0.39 is 4.93 Å². The Morgan fingerprint density at radius 2 is 2.53 bits per heavy atom. The molecule has 1 saturated heterocycles. The van der Waals surface area contributed by atoms with Crippen molar-refractivity contribution in [3.63, 3.8) is 0 Å². The van der Waals surface area contributed by atoms with Gasteiger partial charge in [0.2, 0.25) is 0 Å². The van der Waals surface area contributed by atoms with Gasteiger partial charge in [-0.25, -0.2) is 4.79 Å². The van der Waals surface area contributed by atoms with Crippen LogP contribution < -0.4 is 0 Å². The van der Waals surface area contributed by atoms with Crippen LogP contribution in [-0.4, -0.2) is 27.9 Å². The Morgan fingerprint density at radius 1 is 1.73 bits per heavy atom. The van der Waals surface area contributed by atoms with Gasteiger partial charge in [0, 0.05) is 0 Å². The molecule has 3 nitrogen and oxygen atoms in total. The lowest BCUT2D eigenvalue weighted by Gasteiger charge is -2.08. The first-order valence-corrected chi connectivity index (χ1v) is 6.02. The summed E-state index contributed by atoms with van der Waals surface area (Å²) in [7, 11) is 0. The number of unbranched alkanes of at least 4 members (excludes halogenated alkanes) is 1. The van der Waals surface area contributed by atoms with Crippen LogP contribution in [0.2, 0.25) is 0 Å². The van der Waals surface area contributed by atoms with E-state index in [1.165, 1.54) is 11.8 Å². The van der Waals surface area contributed by atoms with Gasteiger partial charge in [-0.3, -0.25) is 0 Å². The van der Waals surface area contributed by atoms with E-state index in [0.717, 1.165) is 12.8 Å². The quantitative estimate of drug-likeness (QED) is 0.449. The molecule has 0 spiro atoms. The molecule has 0 saturated carbocycles. The third-order valence-corrected chi connectivity index (χ3v) is 3.73. The number of aliphatic hydroxyl groups is 1. The number of esters is 1. The van der Waals surface area contributed by atoms with Gasteiger partial charge in [-0.2, -0.15) is 0 Å². The lowest BCUT2D eigenvalue weighted by atomic mass is 10.1. The predicted molar refractivity (Wildman–Crippen MR) is 59.4 cm³/mol. The van der Waals surface area contributed by atoms with E-state index in [1.807, 2.05) is 0 Å². The zero-order chi connectivity index (χ0) is 10.9. The Labute approximate surface area is 93.2 Å². The van der Waals surface area contributed by atoms with Gasteiger partial charge in [0.1, 0.15) is 4.93 Å². The zero-order valence-electron chi connectivity index (χ0n) is 8.60. The summed E-state index contributed by atoms with van der Waals surface area (Å²) in [6.07, 6.45) is 6.99. The molecule has 1 aliphatic carbocycles. The van der Waals surface area contributed by atoms with Crippen molar-refractivity contribution in [2.24, 2.45) is 0 Å². The minimum atomic E-state index is -0.743. The van der Waals surface area contributed by atoms with Crippen molar-refractivity contribution >= 4 is 17.7 Å². The molecule has 0 aromatic heterocycles. The van der Waals surface area contributed by atoms with E-state index in [2.05, 4.69) is 6.92 Å². The lowest BCUT2D eigenvalue weighted by Crippen LogP contribution is -2.16. The van der Waals surface area contributed by atoms with E-state index in [4.69, 9.17) is 4.74 Å². The molecular weight excluding hydrogens is 212 g/mol. The number of carbonyl (C=O) groups is 1.